The quantitative estimate of drug-likeness (QED) is 0.455. The molecule has 4 aromatic rings. The molecule has 3 nitrogen and oxygen atoms in total. The average molecular weight is 372 g/mol. The fourth-order valence-corrected chi connectivity index (χ4v) is 3.04. The first-order chi connectivity index (χ1) is 13.6. The summed E-state index contributed by atoms with van der Waals surface area (Å²) in [6.07, 6.45) is 3.18. The number of carbonyl (C=O) groups excluding carboxylic acids is 1. The highest BCUT2D eigenvalue weighted by Gasteiger charge is 2.21. The normalized spacial score (nSPS) is 10.6. The van der Waals surface area contributed by atoms with E-state index in [9.17, 15) is 13.6 Å². The number of hydrogen-bond donors (Lipinski definition) is 0. The second-order valence-corrected chi connectivity index (χ2v) is 6.14. The second-order valence-electron chi connectivity index (χ2n) is 6.14. The minimum absolute atomic E-state index is 0.112. The van der Waals surface area contributed by atoms with E-state index in [1.165, 1.54) is 24.3 Å². The van der Waals surface area contributed by atoms with Gasteiger partial charge in [-0.05, 0) is 60.7 Å². The summed E-state index contributed by atoms with van der Waals surface area (Å²) in [4.78, 5) is 21.9. The highest BCUT2D eigenvalue weighted by molar-refractivity contribution is 6.15. The van der Waals surface area contributed by atoms with Gasteiger partial charge < -0.3 is 0 Å². The van der Waals surface area contributed by atoms with Crippen LogP contribution in [0, 0.1) is 11.6 Å². The van der Waals surface area contributed by atoms with Gasteiger partial charge in [0, 0.05) is 34.6 Å². The summed E-state index contributed by atoms with van der Waals surface area (Å²) in [7, 11) is 0. The van der Waals surface area contributed by atoms with E-state index in [1.54, 1.807) is 48.8 Å². The van der Waals surface area contributed by atoms with Gasteiger partial charge in [-0.25, -0.2) is 8.78 Å². The Labute approximate surface area is 160 Å². The molecule has 0 radical (unpaired) electrons. The van der Waals surface area contributed by atoms with Crippen molar-refractivity contribution in [3.63, 3.8) is 0 Å². The van der Waals surface area contributed by atoms with Crippen molar-refractivity contribution in [2.24, 2.45) is 0 Å². The van der Waals surface area contributed by atoms with E-state index in [1.807, 2.05) is 0 Å². The van der Waals surface area contributed by atoms with E-state index in [4.69, 9.17) is 0 Å². The number of ketones is 1. The summed E-state index contributed by atoms with van der Waals surface area (Å²) in [5, 5.41) is 0. The smallest absolute Gasteiger partial charge is 0.194 e. The third-order valence-electron chi connectivity index (χ3n) is 4.33. The van der Waals surface area contributed by atoms with Gasteiger partial charge >= 0.3 is 0 Å². The van der Waals surface area contributed by atoms with Crippen molar-refractivity contribution in [3.8, 4) is 22.5 Å². The van der Waals surface area contributed by atoms with Crippen LogP contribution >= 0.6 is 0 Å². The molecular weight excluding hydrogens is 358 g/mol. The van der Waals surface area contributed by atoms with Crippen molar-refractivity contribution in [1.82, 2.24) is 9.97 Å². The molecule has 2 aromatic heterocycles. The summed E-state index contributed by atoms with van der Waals surface area (Å²) in [5.74, 6) is -1.61. The fraction of sp³-hybridized carbons (Fsp3) is 0. The van der Waals surface area contributed by atoms with Gasteiger partial charge in [-0.3, -0.25) is 14.8 Å². The predicted octanol–water partition coefficient (Wildman–Crippen LogP) is 5.32. The SMILES string of the molecule is O=C(c1cc(F)ccc1-c1ccccn1)c1cc(F)ccc1-c1ccccn1. The molecule has 136 valence electrons. The first-order valence-electron chi connectivity index (χ1n) is 8.60. The molecule has 4 rings (SSSR count). The van der Waals surface area contributed by atoms with Crippen molar-refractivity contribution in [3.05, 3.63) is 108 Å². The number of benzene rings is 2. The first-order valence-corrected chi connectivity index (χ1v) is 8.60. The van der Waals surface area contributed by atoms with Crippen LogP contribution in [-0.2, 0) is 0 Å². The maximum absolute atomic E-state index is 14.0. The van der Waals surface area contributed by atoms with Crippen LogP contribution < -0.4 is 0 Å². The van der Waals surface area contributed by atoms with E-state index in [0.717, 1.165) is 12.1 Å². The van der Waals surface area contributed by atoms with Crippen molar-refractivity contribution < 1.29 is 13.6 Å². The Kier molecular flexibility index (Phi) is 4.72. The standard InChI is InChI=1S/C23H14F2N2O/c24-15-7-9-17(21-5-1-3-11-26-21)19(13-15)23(28)20-14-16(25)8-10-18(20)22-6-2-4-12-27-22/h1-14H. The number of pyridine rings is 2. The number of hydrogen-bond acceptors (Lipinski definition) is 3. The minimum Gasteiger partial charge on any atom is -0.289 e. The lowest BCUT2D eigenvalue weighted by atomic mass is 9.92. The molecule has 0 N–H and O–H groups in total. The zero-order chi connectivity index (χ0) is 19.5. The molecular formula is C23H14F2N2O. The van der Waals surface area contributed by atoms with Crippen molar-refractivity contribution >= 4 is 5.78 Å². The van der Waals surface area contributed by atoms with Crippen molar-refractivity contribution in [2.75, 3.05) is 0 Å². The lowest BCUT2D eigenvalue weighted by Crippen LogP contribution is -2.07. The summed E-state index contributed by atoms with van der Waals surface area (Å²) in [6.45, 7) is 0. The number of aromatic nitrogens is 2. The lowest BCUT2D eigenvalue weighted by molar-refractivity contribution is 0.103. The fourth-order valence-electron chi connectivity index (χ4n) is 3.04. The van der Waals surface area contributed by atoms with Crippen LogP contribution in [-0.4, -0.2) is 15.8 Å². The van der Waals surface area contributed by atoms with E-state index < -0.39 is 17.4 Å². The first kappa shape index (κ1) is 17.7. The van der Waals surface area contributed by atoms with Gasteiger partial charge in [0.2, 0.25) is 0 Å². The van der Waals surface area contributed by atoms with Gasteiger partial charge in [0.1, 0.15) is 11.6 Å². The molecule has 0 unspecified atom stereocenters. The molecule has 0 spiro atoms. The van der Waals surface area contributed by atoms with Gasteiger partial charge in [-0.15, -0.1) is 0 Å². The summed E-state index contributed by atoms with van der Waals surface area (Å²) >= 11 is 0. The van der Waals surface area contributed by atoms with Gasteiger partial charge in [0.05, 0.1) is 11.4 Å². The third-order valence-corrected chi connectivity index (χ3v) is 4.33. The van der Waals surface area contributed by atoms with Crippen LogP contribution in [0.2, 0.25) is 0 Å². The highest BCUT2D eigenvalue weighted by Crippen LogP contribution is 2.29. The molecule has 0 bridgehead atoms. The Hall–Kier alpha value is -3.73. The summed E-state index contributed by atoms with van der Waals surface area (Å²) < 4.78 is 28.0. The predicted molar refractivity (Wildman–Crippen MR) is 103 cm³/mol. The maximum Gasteiger partial charge on any atom is 0.194 e. The molecule has 2 aromatic carbocycles. The zero-order valence-corrected chi connectivity index (χ0v) is 14.6. The number of nitrogens with zero attached hydrogens (tertiary/aromatic N) is 2. The number of halogens is 2. The molecule has 0 aliphatic heterocycles. The lowest BCUT2D eigenvalue weighted by Gasteiger charge is -2.12. The van der Waals surface area contributed by atoms with Crippen molar-refractivity contribution in [1.29, 1.82) is 0 Å². The van der Waals surface area contributed by atoms with E-state index in [-0.39, 0.29) is 11.1 Å². The number of rotatable bonds is 4. The zero-order valence-electron chi connectivity index (χ0n) is 14.6. The largest absolute Gasteiger partial charge is 0.289 e. The monoisotopic (exact) mass is 372 g/mol. The number of carbonyl (C=O) groups is 1. The highest BCUT2D eigenvalue weighted by atomic mass is 19.1. The molecule has 0 saturated heterocycles. The molecule has 0 fully saturated rings. The third kappa shape index (κ3) is 3.42. The van der Waals surface area contributed by atoms with E-state index in [0.29, 0.717) is 22.5 Å². The molecule has 0 atom stereocenters. The summed E-state index contributed by atoms with van der Waals surface area (Å²) in [6, 6.07) is 18.4. The van der Waals surface area contributed by atoms with E-state index >= 15 is 0 Å². The Balaban J connectivity index is 1.90. The van der Waals surface area contributed by atoms with Gasteiger partial charge in [-0.2, -0.15) is 0 Å². The molecule has 5 heteroatoms. The molecule has 0 aliphatic carbocycles. The Bertz CT molecular complexity index is 1050. The molecule has 0 saturated carbocycles. The van der Waals surface area contributed by atoms with Crippen LogP contribution in [0.1, 0.15) is 15.9 Å². The van der Waals surface area contributed by atoms with Crippen LogP contribution in [0.4, 0.5) is 8.78 Å². The minimum atomic E-state index is -0.557. The van der Waals surface area contributed by atoms with Crippen molar-refractivity contribution in [2.45, 2.75) is 0 Å². The van der Waals surface area contributed by atoms with Gasteiger partial charge in [0.25, 0.3) is 0 Å². The second kappa shape index (κ2) is 7.48. The van der Waals surface area contributed by atoms with Gasteiger partial charge in [0.15, 0.2) is 5.78 Å². The Morgan fingerprint density at radius 2 is 1.11 bits per heavy atom. The van der Waals surface area contributed by atoms with Crippen LogP contribution in [0.15, 0.2) is 85.2 Å². The summed E-state index contributed by atoms with van der Waals surface area (Å²) in [5.41, 5.74) is 2.23. The Morgan fingerprint density at radius 1 is 0.643 bits per heavy atom. The molecule has 0 amide bonds. The van der Waals surface area contributed by atoms with Gasteiger partial charge in [-0.1, -0.05) is 12.1 Å². The Morgan fingerprint density at radius 3 is 1.50 bits per heavy atom. The van der Waals surface area contributed by atoms with Crippen LogP contribution in [0.5, 0.6) is 0 Å². The molecule has 0 aliphatic rings. The van der Waals surface area contributed by atoms with E-state index in [2.05, 4.69) is 9.97 Å². The topological polar surface area (TPSA) is 42.9 Å². The molecule has 2 heterocycles. The maximum atomic E-state index is 14.0. The van der Waals surface area contributed by atoms with Crippen LogP contribution in [0.25, 0.3) is 22.5 Å². The average Bonchev–Trinajstić information content (AvgIpc) is 2.74. The van der Waals surface area contributed by atoms with Crippen LogP contribution in [0.3, 0.4) is 0 Å². The molecule has 28 heavy (non-hydrogen) atoms.